The number of nitrogens with zero attached hydrogens (tertiary/aromatic N) is 1. The van der Waals surface area contributed by atoms with Crippen molar-refractivity contribution in [2.75, 3.05) is 13.1 Å². The monoisotopic (exact) mass is 651 g/mol. The molecule has 3 heterocycles. The third-order valence-electron chi connectivity index (χ3n) is 8.28. The minimum absolute atomic E-state index is 0.0218. The lowest BCUT2D eigenvalue weighted by molar-refractivity contribution is -0.141. The molecule has 0 radical (unpaired) electrons. The lowest BCUT2D eigenvalue weighted by Crippen LogP contribution is -2.59. The van der Waals surface area contributed by atoms with Gasteiger partial charge in [-0.15, -0.1) is 0 Å². The largest absolute Gasteiger partial charge is 0.391 e. The predicted octanol–water partition coefficient (Wildman–Crippen LogP) is -0.252. The summed E-state index contributed by atoms with van der Waals surface area (Å²) in [4.78, 5) is 84.7. The summed E-state index contributed by atoms with van der Waals surface area (Å²) in [6, 6.07) is 7.05. The standard InChI is InChI=1S/C33H45N7O7/c1-19(2)15-25-30(44)36-20(3)33(47)40-18-22(41)17-27(40)32(46)35-14-8-12-24(37-28(42)23-11-7-13-34-23)29(43)39-26(31(45)38-25)16-21-9-5-4-6-10-21/h4-7,9-11,13,19-20,22,24-27,34,41H,8,12,14-18H2,1-3H3,(H,35,46)(H,36,44)(H,37,42)(H,38,45)(H,39,43)/t20-,22+,24-,25-,26+,27-/m0/s1. The second-order valence-corrected chi connectivity index (χ2v) is 12.6. The summed E-state index contributed by atoms with van der Waals surface area (Å²) in [5, 5.41) is 24.1. The third kappa shape index (κ3) is 9.64. The van der Waals surface area contributed by atoms with E-state index < -0.39 is 71.8 Å². The second kappa shape index (κ2) is 16.2. The fraction of sp³-hybridized carbons (Fsp3) is 0.515. The minimum Gasteiger partial charge on any atom is -0.391 e. The van der Waals surface area contributed by atoms with E-state index in [1.807, 2.05) is 32.0 Å². The zero-order valence-corrected chi connectivity index (χ0v) is 27.0. The topological polar surface area (TPSA) is 202 Å². The maximum absolute atomic E-state index is 13.8. The van der Waals surface area contributed by atoms with E-state index >= 15 is 0 Å². The number of hydrogen-bond donors (Lipinski definition) is 7. The molecule has 6 amide bonds. The van der Waals surface area contributed by atoms with Crippen LogP contribution in [0, 0.1) is 5.92 Å². The molecule has 0 spiro atoms. The molecular weight excluding hydrogens is 606 g/mol. The maximum atomic E-state index is 13.8. The van der Waals surface area contributed by atoms with Crippen molar-refractivity contribution in [3.63, 3.8) is 0 Å². The van der Waals surface area contributed by atoms with Crippen molar-refractivity contribution in [1.29, 1.82) is 0 Å². The molecule has 4 rings (SSSR count). The van der Waals surface area contributed by atoms with Gasteiger partial charge in [0.1, 0.15) is 35.9 Å². The second-order valence-electron chi connectivity index (χ2n) is 12.6. The molecule has 14 heteroatoms. The molecule has 0 aliphatic carbocycles. The summed E-state index contributed by atoms with van der Waals surface area (Å²) in [6.45, 7) is 5.31. The number of H-pyrrole nitrogens is 1. The number of nitrogens with one attached hydrogen (secondary N) is 6. The van der Waals surface area contributed by atoms with Crippen LogP contribution in [0.4, 0.5) is 0 Å². The van der Waals surface area contributed by atoms with E-state index in [4.69, 9.17) is 0 Å². The Hall–Kier alpha value is -4.72. The Bertz CT molecular complexity index is 1420. The van der Waals surface area contributed by atoms with Crippen molar-refractivity contribution in [2.24, 2.45) is 5.92 Å². The molecule has 1 aromatic carbocycles. The molecule has 0 bridgehead atoms. The van der Waals surface area contributed by atoms with Gasteiger partial charge in [0.15, 0.2) is 0 Å². The van der Waals surface area contributed by atoms with Crippen LogP contribution in [0.3, 0.4) is 0 Å². The Kier molecular flexibility index (Phi) is 12.1. The Morgan fingerprint density at radius 3 is 2.32 bits per heavy atom. The number of benzene rings is 1. The zero-order chi connectivity index (χ0) is 34.1. The normalized spacial score (nSPS) is 26.7. The van der Waals surface area contributed by atoms with Crippen molar-refractivity contribution in [2.45, 2.75) is 89.2 Å². The maximum Gasteiger partial charge on any atom is 0.268 e. The third-order valence-corrected chi connectivity index (χ3v) is 8.28. The van der Waals surface area contributed by atoms with Gasteiger partial charge in [-0.3, -0.25) is 28.8 Å². The van der Waals surface area contributed by atoms with Crippen molar-refractivity contribution in [3.8, 4) is 0 Å². The first-order valence-corrected chi connectivity index (χ1v) is 16.1. The van der Waals surface area contributed by atoms with E-state index in [9.17, 15) is 33.9 Å². The number of aromatic nitrogens is 1. The van der Waals surface area contributed by atoms with E-state index in [0.29, 0.717) is 0 Å². The smallest absolute Gasteiger partial charge is 0.268 e. The molecule has 2 aliphatic heterocycles. The van der Waals surface area contributed by atoms with Crippen LogP contribution in [0.1, 0.15) is 62.5 Å². The van der Waals surface area contributed by atoms with Crippen LogP contribution in [0.5, 0.6) is 0 Å². The number of carbonyl (C=O) groups is 6. The van der Waals surface area contributed by atoms with E-state index in [-0.39, 0.29) is 56.8 Å². The Balaban J connectivity index is 1.65. The highest BCUT2D eigenvalue weighted by atomic mass is 16.3. The molecule has 1 aromatic heterocycles. The van der Waals surface area contributed by atoms with Gasteiger partial charge in [-0.25, -0.2) is 0 Å². The quantitative estimate of drug-likeness (QED) is 0.223. The van der Waals surface area contributed by atoms with Gasteiger partial charge in [0.2, 0.25) is 29.5 Å². The Labute approximate surface area is 273 Å². The summed E-state index contributed by atoms with van der Waals surface area (Å²) >= 11 is 0. The number of rotatable bonds is 6. The first-order chi connectivity index (χ1) is 22.4. The number of carbonyl (C=O) groups excluding carboxylic acids is 6. The van der Waals surface area contributed by atoms with E-state index in [2.05, 4.69) is 31.6 Å². The number of aliphatic hydroxyl groups is 1. The molecule has 2 aliphatic rings. The fourth-order valence-electron chi connectivity index (χ4n) is 5.85. The molecule has 6 atom stereocenters. The summed E-state index contributed by atoms with van der Waals surface area (Å²) in [7, 11) is 0. The number of hydrogen-bond acceptors (Lipinski definition) is 7. The molecule has 2 saturated heterocycles. The highest BCUT2D eigenvalue weighted by Gasteiger charge is 2.41. The zero-order valence-electron chi connectivity index (χ0n) is 27.0. The summed E-state index contributed by atoms with van der Waals surface area (Å²) in [6.07, 6.45) is 1.43. The number of amides is 6. The van der Waals surface area contributed by atoms with Gasteiger partial charge >= 0.3 is 0 Å². The molecule has 14 nitrogen and oxygen atoms in total. The molecule has 7 N–H and O–H groups in total. The van der Waals surface area contributed by atoms with Crippen LogP contribution in [0.15, 0.2) is 48.7 Å². The van der Waals surface area contributed by atoms with E-state index in [1.165, 1.54) is 11.8 Å². The molecule has 254 valence electrons. The summed E-state index contributed by atoms with van der Waals surface area (Å²) < 4.78 is 0. The summed E-state index contributed by atoms with van der Waals surface area (Å²) in [5.74, 6) is -3.37. The van der Waals surface area contributed by atoms with E-state index in [0.717, 1.165) is 5.56 Å². The van der Waals surface area contributed by atoms with Gasteiger partial charge in [-0.1, -0.05) is 44.2 Å². The van der Waals surface area contributed by atoms with Gasteiger partial charge in [0.05, 0.1) is 6.10 Å². The van der Waals surface area contributed by atoms with Crippen LogP contribution in [0.25, 0.3) is 0 Å². The first kappa shape index (κ1) is 35.1. The van der Waals surface area contributed by atoms with Gasteiger partial charge in [-0.2, -0.15) is 0 Å². The average molecular weight is 652 g/mol. The van der Waals surface area contributed by atoms with Crippen LogP contribution < -0.4 is 26.6 Å². The van der Waals surface area contributed by atoms with Crippen molar-refractivity contribution in [1.82, 2.24) is 36.5 Å². The molecule has 0 saturated carbocycles. The Morgan fingerprint density at radius 1 is 0.936 bits per heavy atom. The Morgan fingerprint density at radius 2 is 1.64 bits per heavy atom. The lowest BCUT2D eigenvalue weighted by Gasteiger charge is -2.29. The summed E-state index contributed by atoms with van der Waals surface area (Å²) in [5.41, 5.74) is 1.00. The molecule has 0 unspecified atom stereocenters. The molecule has 2 fully saturated rings. The highest BCUT2D eigenvalue weighted by molar-refractivity contribution is 5.98. The van der Waals surface area contributed by atoms with Crippen LogP contribution in [-0.2, 0) is 30.4 Å². The molecule has 2 aromatic rings. The van der Waals surface area contributed by atoms with Crippen molar-refractivity contribution >= 4 is 35.4 Å². The SMILES string of the molecule is CC(C)C[C@@H]1NC(=O)[C@@H](Cc2ccccc2)NC(=O)[C@@H](NC(=O)c2ccc[nH]2)CCCNC(=O)[C@@H]2C[C@@H](O)CN2C(=O)[C@H](C)NC1=O. The van der Waals surface area contributed by atoms with Crippen molar-refractivity contribution < 1.29 is 33.9 Å². The number of fused-ring (bicyclic) bond motifs is 1. The fourth-order valence-corrected chi connectivity index (χ4v) is 5.85. The first-order valence-electron chi connectivity index (χ1n) is 16.1. The molecule has 47 heavy (non-hydrogen) atoms. The lowest BCUT2D eigenvalue weighted by atomic mass is 10.00. The number of aliphatic hydroxyl groups excluding tert-OH is 1. The van der Waals surface area contributed by atoms with Gasteiger partial charge in [0.25, 0.3) is 5.91 Å². The van der Waals surface area contributed by atoms with Gasteiger partial charge < -0.3 is 41.6 Å². The number of aromatic amines is 1. The minimum atomic E-state index is -1.11. The van der Waals surface area contributed by atoms with Crippen LogP contribution >= 0.6 is 0 Å². The van der Waals surface area contributed by atoms with Crippen molar-refractivity contribution in [3.05, 3.63) is 59.9 Å². The van der Waals surface area contributed by atoms with Crippen LogP contribution in [-0.4, -0.2) is 99.8 Å². The van der Waals surface area contributed by atoms with E-state index in [1.54, 1.807) is 30.5 Å². The predicted molar refractivity (Wildman–Crippen MR) is 171 cm³/mol. The molecular formula is C33H45N7O7. The average Bonchev–Trinajstić information content (AvgIpc) is 3.71. The van der Waals surface area contributed by atoms with Crippen LogP contribution in [0.2, 0.25) is 0 Å². The highest BCUT2D eigenvalue weighted by Crippen LogP contribution is 2.20. The van der Waals surface area contributed by atoms with Gasteiger partial charge in [0, 0.05) is 32.1 Å². The van der Waals surface area contributed by atoms with Gasteiger partial charge in [-0.05, 0) is 49.8 Å².